The lowest BCUT2D eigenvalue weighted by Gasteiger charge is -2.31. The second-order valence-electron chi connectivity index (χ2n) is 5.84. The Labute approximate surface area is 113 Å². The van der Waals surface area contributed by atoms with Crippen molar-refractivity contribution in [3.05, 3.63) is 0 Å². The highest BCUT2D eigenvalue weighted by Gasteiger charge is 2.23. The van der Waals surface area contributed by atoms with Crippen LogP contribution in [-0.2, 0) is 0 Å². The monoisotopic (exact) mass is 257 g/mol. The first-order valence-corrected chi connectivity index (χ1v) is 8.55. The zero-order valence-electron chi connectivity index (χ0n) is 12.2. The number of nitrogens with one attached hydrogen (secondary N) is 1. The van der Waals surface area contributed by atoms with E-state index in [0.717, 1.165) is 29.7 Å². The van der Waals surface area contributed by atoms with Gasteiger partial charge in [-0.3, -0.25) is 0 Å². The molecule has 0 amide bonds. The average Bonchev–Trinajstić information content (AvgIpc) is 2.35. The van der Waals surface area contributed by atoms with Gasteiger partial charge in [-0.15, -0.1) is 0 Å². The van der Waals surface area contributed by atoms with E-state index in [2.05, 4.69) is 44.8 Å². The Kier molecular flexibility index (Phi) is 7.61. The van der Waals surface area contributed by atoms with Crippen molar-refractivity contribution in [2.24, 2.45) is 11.8 Å². The largest absolute Gasteiger partial charge is 0.313 e. The molecule has 1 saturated carbocycles. The zero-order chi connectivity index (χ0) is 12.7. The van der Waals surface area contributed by atoms with Gasteiger partial charge in [-0.05, 0) is 31.2 Å². The minimum atomic E-state index is 0.756. The summed E-state index contributed by atoms with van der Waals surface area (Å²) in [4.78, 5) is 0. The van der Waals surface area contributed by atoms with Gasteiger partial charge in [-0.1, -0.05) is 47.0 Å². The van der Waals surface area contributed by atoms with Crippen LogP contribution in [0.3, 0.4) is 0 Å². The minimum Gasteiger partial charge on any atom is -0.313 e. The van der Waals surface area contributed by atoms with Crippen LogP contribution in [0.5, 0.6) is 0 Å². The molecule has 1 aliphatic rings. The summed E-state index contributed by atoms with van der Waals surface area (Å²) in [6, 6.07) is 0.756. The van der Waals surface area contributed by atoms with Crippen molar-refractivity contribution in [3.63, 3.8) is 0 Å². The lowest BCUT2D eigenvalue weighted by molar-refractivity contribution is 0.287. The number of rotatable bonds is 7. The zero-order valence-corrected chi connectivity index (χ0v) is 13.0. The van der Waals surface area contributed by atoms with Crippen LogP contribution < -0.4 is 5.32 Å². The fraction of sp³-hybridized carbons (Fsp3) is 1.00. The summed E-state index contributed by atoms with van der Waals surface area (Å²) in [7, 11) is 0. The average molecular weight is 257 g/mol. The van der Waals surface area contributed by atoms with Gasteiger partial charge < -0.3 is 5.32 Å². The van der Waals surface area contributed by atoms with E-state index in [1.807, 2.05) is 0 Å². The van der Waals surface area contributed by atoms with Crippen molar-refractivity contribution in [3.8, 4) is 0 Å². The van der Waals surface area contributed by atoms with Crippen LogP contribution in [-0.4, -0.2) is 23.6 Å². The summed E-state index contributed by atoms with van der Waals surface area (Å²) >= 11 is 2.16. The van der Waals surface area contributed by atoms with Crippen molar-refractivity contribution >= 4 is 11.8 Å². The maximum absolute atomic E-state index is 3.73. The predicted octanol–water partition coefficient (Wildman–Crippen LogP) is 4.32. The Morgan fingerprint density at radius 1 is 1.12 bits per heavy atom. The normalized spacial score (nSPS) is 21.7. The molecule has 1 nitrogen and oxygen atoms in total. The molecule has 17 heavy (non-hydrogen) atoms. The summed E-state index contributed by atoms with van der Waals surface area (Å²) in [5, 5.41) is 4.52. The van der Waals surface area contributed by atoms with Gasteiger partial charge in [0.05, 0.1) is 0 Å². The molecule has 2 heteroatoms. The van der Waals surface area contributed by atoms with Gasteiger partial charge in [-0.25, -0.2) is 0 Å². The molecule has 102 valence electrons. The molecule has 1 N–H and O–H groups in total. The Bertz CT molecular complexity index is 187. The summed E-state index contributed by atoms with van der Waals surface area (Å²) < 4.78 is 0. The van der Waals surface area contributed by atoms with Gasteiger partial charge in [0.2, 0.25) is 0 Å². The fourth-order valence-corrected chi connectivity index (χ4v) is 3.89. The summed E-state index contributed by atoms with van der Waals surface area (Å²) in [6.45, 7) is 10.4. The molecule has 0 radical (unpaired) electrons. The van der Waals surface area contributed by atoms with Crippen molar-refractivity contribution in [2.75, 3.05) is 12.3 Å². The third-order valence-electron chi connectivity index (χ3n) is 4.16. The molecule has 0 saturated heterocycles. The number of hydrogen-bond acceptors (Lipinski definition) is 2. The second kappa shape index (κ2) is 8.42. The highest BCUT2D eigenvalue weighted by atomic mass is 32.2. The molecule has 0 spiro atoms. The van der Waals surface area contributed by atoms with E-state index < -0.39 is 0 Å². The fourth-order valence-electron chi connectivity index (χ4n) is 2.61. The molecular weight excluding hydrogens is 226 g/mol. The Balaban J connectivity index is 2.36. The SMILES string of the molecule is CCNC(CSC(C)C(C)C)C1CCCCC1. The third-order valence-corrected chi connectivity index (χ3v) is 5.78. The molecule has 0 aromatic heterocycles. The van der Waals surface area contributed by atoms with Crippen LogP contribution in [0.25, 0.3) is 0 Å². The van der Waals surface area contributed by atoms with Crippen LogP contribution in [0.15, 0.2) is 0 Å². The minimum absolute atomic E-state index is 0.756. The lowest BCUT2D eigenvalue weighted by atomic mass is 9.84. The van der Waals surface area contributed by atoms with E-state index in [-0.39, 0.29) is 0 Å². The molecule has 0 aromatic carbocycles. The van der Waals surface area contributed by atoms with Crippen LogP contribution in [0.2, 0.25) is 0 Å². The quantitative estimate of drug-likeness (QED) is 0.729. The van der Waals surface area contributed by atoms with Crippen LogP contribution in [0, 0.1) is 11.8 Å². The van der Waals surface area contributed by atoms with Crippen molar-refractivity contribution < 1.29 is 0 Å². The van der Waals surface area contributed by atoms with E-state index in [1.165, 1.54) is 37.9 Å². The first kappa shape index (κ1) is 15.4. The maximum Gasteiger partial charge on any atom is 0.0186 e. The topological polar surface area (TPSA) is 12.0 Å². The Morgan fingerprint density at radius 2 is 1.76 bits per heavy atom. The molecule has 0 aromatic rings. The van der Waals surface area contributed by atoms with Gasteiger partial charge >= 0.3 is 0 Å². The standard InChI is InChI=1S/C15H31NS/c1-5-16-15(11-17-13(4)12(2)3)14-9-7-6-8-10-14/h12-16H,5-11H2,1-4H3. The van der Waals surface area contributed by atoms with Gasteiger partial charge in [0.25, 0.3) is 0 Å². The van der Waals surface area contributed by atoms with Crippen molar-refractivity contribution in [1.82, 2.24) is 5.32 Å². The van der Waals surface area contributed by atoms with Gasteiger partial charge in [0.15, 0.2) is 0 Å². The van der Waals surface area contributed by atoms with Crippen LogP contribution in [0.1, 0.15) is 59.8 Å². The molecule has 1 rings (SSSR count). The van der Waals surface area contributed by atoms with Gasteiger partial charge in [0.1, 0.15) is 0 Å². The molecule has 2 atom stereocenters. The lowest BCUT2D eigenvalue weighted by Crippen LogP contribution is -2.39. The Morgan fingerprint density at radius 3 is 2.29 bits per heavy atom. The second-order valence-corrected chi connectivity index (χ2v) is 7.25. The summed E-state index contributed by atoms with van der Waals surface area (Å²) in [6.07, 6.45) is 7.28. The van der Waals surface area contributed by atoms with E-state index in [1.54, 1.807) is 0 Å². The summed E-state index contributed by atoms with van der Waals surface area (Å²) in [5.41, 5.74) is 0. The highest BCUT2D eigenvalue weighted by Crippen LogP contribution is 2.29. The highest BCUT2D eigenvalue weighted by molar-refractivity contribution is 7.99. The van der Waals surface area contributed by atoms with Crippen molar-refractivity contribution in [2.45, 2.75) is 71.1 Å². The Hall–Kier alpha value is 0.310. The molecule has 0 heterocycles. The van der Waals surface area contributed by atoms with Gasteiger partial charge in [0, 0.05) is 17.0 Å². The smallest absolute Gasteiger partial charge is 0.0186 e. The predicted molar refractivity (Wildman–Crippen MR) is 80.8 cm³/mol. The molecule has 0 aliphatic heterocycles. The summed E-state index contributed by atoms with van der Waals surface area (Å²) in [5.74, 6) is 3.04. The molecule has 0 bridgehead atoms. The number of thioether (sulfide) groups is 1. The van der Waals surface area contributed by atoms with Crippen LogP contribution >= 0.6 is 11.8 Å². The van der Waals surface area contributed by atoms with Gasteiger partial charge in [-0.2, -0.15) is 11.8 Å². The third kappa shape index (κ3) is 5.65. The van der Waals surface area contributed by atoms with E-state index in [0.29, 0.717) is 0 Å². The van der Waals surface area contributed by atoms with Crippen molar-refractivity contribution in [1.29, 1.82) is 0 Å². The van der Waals surface area contributed by atoms with E-state index >= 15 is 0 Å². The van der Waals surface area contributed by atoms with E-state index in [4.69, 9.17) is 0 Å². The first-order chi connectivity index (χ1) is 8.15. The number of hydrogen-bond donors (Lipinski definition) is 1. The molecular formula is C15H31NS. The first-order valence-electron chi connectivity index (χ1n) is 7.50. The maximum atomic E-state index is 3.73. The molecule has 2 unspecified atom stereocenters. The van der Waals surface area contributed by atoms with Crippen LogP contribution in [0.4, 0.5) is 0 Å². The van der Waals surface area contributed by atoms with E-state index in [9.17, 15) is 0 Å². The molecule has 1 aliphatic carbocycles. The molecule has 1 fully saturated rings.